The molecule has 0 fully saturated rings. The summed E-state index contributed by atoms with van der Waals surface area (Å²) in [7, 11) is 0. The molecule has 0 bridgehead atoms. The van der Waals surface area contributed by atoms with Gasteiger partial charge in [0.2, 0.25) is 5.91 Å². The Morgan fingerprint density at radius 2 is 1.81 bits per heavy atom. The van der Waals surface area contributed by atoms with Crippen molar-refractivity contribution in [3.05, 3.63) is 72.2 Å². The maximum Gasteiger partial charge on any atom is 0.312 e. The highest BCUT2D eigenvalue weighted by molar-refractivity contribution is 5.86. The predicted molar refractivity (Wildman–Crippen MR) is 117 cm³/mol. The van der Waals surface area contributed by atoms with Gasteiger partial charge in [-0.25, -0.2) is 13.9 Å². The third kappa shape index (κ3) is 5.48. The Labute approximate surface area is 180 Å². The molecule has 0 radical (unpaired) electrons. The summed E-state index contributed by atoms with van der Waals surface area (Å²) >= 11 is 0. The Kier molecular flexibility index (Phi) is 7.02. The van der Waals surface area contributed by atoms with E-state index in [1.165, 1.54) is 12.1 Å². The summed E-state index contributed by atoms with van der Waals surface area (Å²) in [5, 5.41) is 10.0. The van der Waals surface area contributed by atoms with Gasteiger partial charge in [-0.05, 0) is 42.3 Å². The number of carbonyl (C=O) groups is 2. The minimum atomic E-state index is -0.746. The number of para-hydroxylation sites is 1. The van der Waals surface area contributed by atoms with Gasteiger partial charge >= 0.3 is 6.03 Å². The highest BCUT2D eigenvalue weighted by Crippen LogP contribution is 2.24. The smallest absolute Gasteiger partial charge is 0.312 e. The van der Waals surface area contributed by atoms with Gasteiger partial charge in [0.1, 0.15) is 11.9 Å². The van der Waals surface area contributed by atoms with Gasteiger partial charge in [-0.15, -0.1) is 0 Å². The minimum absolute atomic E-state index is 0.0869. The van der Waals surface area contributed by atoms with Crippen LogP contribution in [0.2, 0.25) is 0 Å². The number of rotatable bonds is 8. The Morgan fingerprint density at radius 3 is 2.42 bits per heavy atom. The molecule has 3 rings (SSSR count). The van der Waals surface area contributed by atoms with Crippen molar-refractivity contribution in [3.8, 4) is 16.9 Å². The molecule has 2 aromatic carbocycles. The van der Waals surface area contributed by atoms with Crippen molar-refractivity contribution >= 4 is 11.9 Å². The zero-order valence-electron chi connectivity index (χ0n) is 17.5. The van der Waals surface area contributed by atoms with Crippen LogP contribution >= 0.6 is 0 Å². The first-order chi connectivity index (χ1) is 14.9. The Bertz CT molecular complexity index is 1030. The molecule has 162 valence electrons. The highest BCUT2D eigenvalue weighted by Gasteiger charge is 2.25. The average Bonchev–Trinajstić information content (AvgIpc) is 3.20. The van der Waals surface area contributed by atoms with Crippen LogP contribution in [-0.2, 0) is 11.3 Å². The Hall–Kier alpha value is -3.68. The van der Waals surface area contributed by atoms with Crippen LogP contribution in [0.5, 0.6) is 0 Å². The number of nitrogens with two attached hydrogens (primary N) is 1. The molecule has 3 amide bonds. The SMILES string of the molecule is CC[C@H](C)[C@H](NC(N)=O)C(=O)NCc1cn(-c2ccccc2)nc1-c1ccc(F)cc1. The first kappa shape index (κ1) is 22.0. The van der Waals surface area contributed by atoms with Gasteiger partial charge in [0.05, 0.1) is 11.4 Å². The van der Waals surface area contributed by atoms with Gasteiger partial charge in [-0.3, -0.25) is 4.79 Å². The molecule has 2 atom stereocenters. The Morgan fingerprint density at radius 1 is 1.13 bits per heavy atom. The highest BCUT2D eigenvalue weighted by atomic mass is 19.1. The van der Waals surface area contributed by atoms with E-state index >= 15 is 0 Å². The van der Waals surface area contributed by atoms with E-state index in [4.69, 9.17) is 5.73 Å². The fourth-order valence-corrected chi connectivity index (χ4v) is 3.25. The van der Waals surface area contributed by atoms with Gasteiger partial charge in [-0.1, -0.05) is 38.5 Å². The van der Waals surface area contributed by atoms with Gasteiger partial charge in [-0.2, -0.15) is 5.10 Å². The number of nitrogens with one attached hydrogen (secondary N) is 2. The summed E-state index contributed by atoms with van der Waals surface area (Å²) in [6, 6.07) is 14.1. The van der Waals surface area contributed by atoms with Gasteiger partial charge < -0.3 is 16.4 Å². The van der Waals surface area contributed by atoms with Crippen molar-refractivity contribution in [2.45, 2.75) is 32.9 Å². The summed E-state index contributed by atoms with van der Waals surface area (Å²) in [4.78, 5) is 24.1. The molecule has 1 aromatic heterocycles. The molecule has 1 heterocycles. The predicted octanol–water partition coefficient (Wildman–Crippen LogP) is 3.38. The topological polar surface area (TPSA) is 102 Å². The van der Waals surface area contributed by atoms with Gasteiger partial charge in [0, 0.05) is 23.9 Å². The molecule has 0 aliphatic carbocycles. The number of halogens is 1. The average molecular weight is 423 g/mol. The van der Waals surface area contributed by atoms with Crippen molar-refractivity contribution in [1.82, 2.24) is 20.4 Å². The van der Waals surface area contributed by atoms with Crippen LogP contribution in [0, 0.1) is 11.7 Å². The molecule has 0 saturated carbocycles. The molecule has 31 heavy (non-hydrogen) atoms. The van der Waals surface area contributed by atoms with Crippen molar-refractivity contribution in [1.29, 1.82) is 0 Å². The van der Waals surface area contributed by atoms with Crippen molar-refractivity contribution in [2.75, 3.05) is 0 Å². The van der Waals surface area contributed by atoms with E-state index in [-0.39, 0.29) is 24.2 Å². The van der Waals surface area contributed by atoms with E-state index in [0.717, 1.165) is 16.8 Å². The third-order valence-electron chi connectivity index (χ3n) is 5.17. The maximum atomic E-state index is 13.4. The molecule has 0 aliphatic rings. The van der Waals surface area contributed by atoms with Gasteiger partial charge in [0.15, 0.2) is 0 Å². The Balaban J connectivity index is 1.88. The quantitative estimate of drug-likeness (QED) is 0.518. The largest absolute Gasteiger partial charge is 0.352 e. The van der Waals surface area contributed by atoms with E-state index < -0.39 is 12.1 Å². The molecule has 4 N–H and O–H groups in total. The third-order valence-corrected chi connectivity index (χ3v) is 5.17. The number of primary amides is 1. The van der Waals surface area contributed by atoms with Gasteiger partial charge in [0.25, 0.3) is 0 Å². The van der Waals surface area contributed by atoms with E-state index in [2.05, 4.69) is 15.7 Å². The molecular formula is C23H26FN5O2. The van der Waals surface area contributed by atoms with Crippen molar-refractivity contribution < 1.29 is 14.0 Å². The van der Waals surface area contributed by atoms with Crippen LogP contribution in [-0.4, -0.2) is 27.8 Å². The van der Waals surface area contributed by atoms with E-state index in [0.29, 0.717) is 12.1 Å². The minimum Gasteiger partial charge on any atom is -0.352 e. The number of aromatic nitrogens is 2. The van der Waals surface area contributed by atoms with Crippen molar-refractivity contribution in [2.24, 2.45) is 11.7 Å². The molecule has 0 spiro atoms. The lowest BCUT2D eigenvalue weighted by Gasteiger charge is -2.22. The van der Waals surface area contributed by atoms with E-state index in [1.807, 2.05) is 50.4 Å². The first-order valence-corrected chi connectivity index (χ1v) is 10.1. The summed E-state index contributed by atoms with van der Waals surface area (Å²) in [5.74, 6) is -0.753. The molecule has 0 unspecified atom stereocenters. The van der Waals surface area contributed by atoms with Crippen LogP contribution in [0.3, 0.4) is 0 Å². The van der Waals surface area contributed by atoms with Crippen LogP contribution < -0.4 is 16.4 Å². The van der Waals surface area contributed by atoms with Crippen LogP contribution in [0.1, 0.15) is 25.8 Å². The zero-order valence-corrected chi connectivity index (χ0v) is 17.5. The number of carbonyl (C=O) groups excluding carboxylic acids is 2. The summed E-state index contributed by atoms with van der Waals surface area (Å²) < 4.78 is 15.1. The fraction of sp³-hybridized carbons (Fsp3) is 0.261. The molecule has 8 heteroatoms. The molecule has 0 aliphatic heterocycles. The standard InChI is InChI=1S/C23H26FN5O2/c1-3-15(2)20(27-23(25)31)22(30)26-13-17-14-29(19-7-5-4-6-8-19)28-21(17)16-9-11-18(24)12-10-16/h4-12,14-15,20H,3,13H2,1-2H3,(H,26,30)(H3,25,27,31)/t15-,20-/m0/s1. The van der Waals surface area contributed by atoms with E-state index in [1.54, 1.807) is 16.8 Å². The fourth-order valence-electron chi connectivity index (χ4n) is 3.25. The first-order valence-electron chi connectivity index (χ1n) is 10.1. The number of hydrogen-bond donors (Lipinski definition) is 3. The molecular weight excluding hydrogens is 397 g/mol. The molecule has 3 aromatic rings. The van der Waals surface area contributed by atoms with Crippen LogP contribution in [0.15, 0.2) is 60.8 Å². The number of urea groups is 1. The second kappa shape index (κ2) is 9.88. The lowest BCUT2D eigenvalue weighted by Crippen LogP contribution is -2.51. The summed E-state index contributed by atoms with van der Waals surface area (Å²) in [6.45, 7) is 3.99. The number of hydrogen-bond acceptors (Lipinski definition) is 3. The second-order valence-corrected chi connectivity index (χ2v) is 7.38. The maximum absolute atomic E-state index is 13.4. The lowest BCUT2D eigenvalue weighted by molar-refractivity contribution is -0.124. The number of amides is 3. The molecule has 0 saturated heterocycles. The monoisotopic (exact) mass is 423 g/mol. The summed E-state index contributed by atoms with van der Waals surface area (Å²) in [5.41, 5.74) is 8.21. The number of benzene rings is 2. The second-order valence-electron chi connectivity index (χ2n) is 7.38. The van der Waals surface area contributed by atoms with E-state index in [9.17, 15) is 14.0 Å². The van der Waals surface area contributed by atoms with Crippen LogP contribution in [0.25, 0.3) is 16.9 Å². The lowest BCUT2D eigenvalue weighted by atomic mass is 9.98. The summed E-state index contributed by atoms with van der Waals surface area (Å²) in [6.07, 6.45) is 2.53. The molecule has 7 nitrogen and oxygen atoms in total. The zero-order chi connectivity index (χ0) is 22.4. The van der Waals surface area contributed by atoms with Crippen molar-refractivity contribution in [3.63, 3.8) is 0 Å². The normalized spacial score (nSPS) is 12.7. The van der Waals surface area contributed by atoms with Crippen LogP contribution in [0.4, 0.5) is 9.18 Å². The number of nitrogens with zero attached hydrogens (tertiary/aromatic N) is 2.